The molecule has 0 bridgehead atoms. The monoisotopic (exact) mass is 409 g/mol. The molecule has 0 aliphatic carbocycles. The molecule has 0 atom stereocenters. The highest BCUT2D eigenvalue weighted by Gasteiger charge is 2.14. The molecule has 2 aromatic carbocycles. The maximum absolute atomic E-state index is 13.4. The third kappa shape index (κ3) is 4.14. The van der Waals surface area contributed by atoms with Gasteiger partial charge in [0.15, 0.2) is 11.5 Å². The molecule has 1 aliphatic heterocycles. The molecule has 4 rings (SSSR count). The summed E-state index contributed by atoms with van der Waals surface area (Å²) < 4.78 is 26.4. The zero-order valence-corrected chi connectivity index (χ0v) is 16.8. The second-order valence-electron chi connectivity index (χ2n) is 6.40. The number of thiazole rings is 1. The van der Waals surface area contributed by atoms with Crippen molar-refractivity contribution < 1.29 is 13.9 Å². The van der Waals surface area contributed by atoms with Gasteiger partial charge in [0.2, 0.25) is 4.80 Å². The van der Waals surface area contributed by atoms with E-state index in [-0.39, 0.29) is 5.82 Å². The first kappa shape index (κ1) is 19.1. The van der Waals surface area contributed by atoms with Gasteiger partial charge in [0.05, 0.1) is 18.0 Å². The lowest BCUT2D eigenvalue weighted by Crippen LogP contribution is -2.16. The van der Waals surface area contributed by atoms with Gasteiger partial charge in [-0.05, 0) is 49.4 Å². The summed E-state index contributed by atoms with van der Waals surface area (Å²) in [6, 6.07) is 12.1. The summed E-state index contributed by atoms with van der Waals surface area (Å²) in [5.74, 6) is 1.18. The van der Waals surface area contributed by atoms with Crippen LogP contribution in [-0.2, 0) is 0 Å². The number of halogens is 1. The zero-order chi connectivity index (χ0) is 20.2. The van der Waals surface area contributed by atoms with Gasteiger partial charge in [-0.2, -0.15) is 5.10 Å². The van der Waals surface area contributed by atoms with E-state index in [1.54, 1.807) is 22.9 Å². The summed E-state index contributed by atoms with van der Waals surface area (Å²) in [5, 5.41) is 6.78. The summed E-state index contributed by atoms with van der Waals surface area (Å²) in [6.45, 7) is 7.24. The van der Waals surface area contributed by atoms with Crippen LogP contribution in [0.5, 0.6) is 11.5 Å². The molecule has 3 aromatic rings. The van der Waals surface area contributed by atoms with Gasteiger partial charge < -0.3 is 9.47 Å². The summed E-state index contributed by atoms with van der Waals surface area (Å²) in [4.78, 5) is 5.28. The van der Waals surface area contributed by atoms with Crippen LogP contribution in [-0.4, -0.2) is 30.1 Å². The number of hydrogen-bond donors (Lipinski definition) is 0. The molecule has 29 heavy (non-hydrogen) atoms. The summed E-state index contributed by atoms with van der Waals surface area (Å²) in [5.41, 5.74) is 3.42. The Morgan fingerprint density at radius 1 is 1.17 bits per heavy atom. The lowest BCUT2D eigenvalue weighted by molar-refractivity contribution is 0.171. The van der Waals surface area contributed by atoms with Crippen LogP contribution in [0.4, 0.5) is 4.39 Å². The van der Waals surface area contributed by atoms with Crippen LogP contribution >= 0.6 is 11.3 Å². The number of ether oxygens (including phenoxy) is 2. The molecule has 0 spiro atoms. The maximum atomic E-state index is 13.4. The first-order chi connectivity index (χ1) is 14.2. The molecule has 1 aromatic heterocycles. The number of fused-ring (bicyclic) bond motifs is 1. The van der Waals surface area contributed by atoms with Crippen molar-refractivity contribution in [3.63, 3.8) is 0 Å². The van der Waals surface area contributed by atoms with Crippen LogP contribution in [0, 0.1) is 5.82 Å². The normalized spacial score (nSPS) is 14.1. The fourth-order valence-corrected chi connectivity index (χ4v) is 3.78. The van der Waals surface area contributed by atoms with E-state index in [9.17, 15) is 4.39 Å². The van der Waals surface area contributed by atoms with Crippen molar-refractivity contribution in [2.24, 2.45) is 10.1 Å². The Kier molecular flexibility index (Phi) is 5.57. The quantitative estimate of drug-likeness (QED) is 0.461. The molecule has 0 amide bonds. The lowest BCUT2D eigenvalue weighted by atomic mass is 10.1. The molecular formula is C22H20FN3O2S. The second-order valence-corrected chi connectivity index (χ2v) is 7.23. The fraction of sp³-hybridized carbons (Fsp3) is 0.182. The molecule has 0 saturated carbocycles. The lowest BCUT2D eigenvalue weighted by Gasteiger charge is -2.18. The van der Waals surface area contributed by atoms with Crippen LogP contribution in [0.1, 0.15) is 12.5 Å². The highest BCUT2D eigenvalue weighted by atomic mass is 32.1. The number of aromatic nitrogens is 1. The van der Waals surface area contributed by atoms with Crippen LogP contribution in [0.25, 0.3) is 11.3 Å². The van der Waals surface area contributed by atoms with E-state index in [4.69, 9.17) is 14.6 Å². The minimum atomic E-state index is -0.275. The smallest absolute Gasteiger partial charge is 0.206 e. The van der Waals surface area contributed by atoms with E-state index in [1.165, 1.54) is 23.5 Å². The van der Waals surface area contributed by atoms with Gasteiger partial charge in [0, 0.05) is 16.5 Å². The van der Waals surface area contributed by atoms with Crippen molar-refractivity contribution >= 4 is 17.0 Å². The van der Waals surface area contributed by atoms with E-state index < -0.39 is 0 Å². The molecule has 0 saturated heterocycles. The molecule has 0 radical (unpaired) electrons. The molecule has 7 heteroatoms. The summed E-state index contributed by atoms with van der Waals surface area (Å²) in [7, 11) is 0. The Hall–Kier alpha value is -3.19. The minimum absolute atomic E-state index is 0.275. The molecule has 0 unspecified atom stereocenters. The highest BCUT2D eigenvalue weighted by molar-refractivity contribution is 7.07. The Morgan fingerprint density at radius 2 is 1.93 bits per heavy atom. The largest absolute Gasteiger partial charge is 0.486 e. The maximum Gasteiger partial charge on any atom is 0.206 e. The van der Waals surface area contributed by atoms with E-state index in [0.717, 1.165) is 33.1 Å². The summed E-state index contributed by atoms with van der Waals surface area (Å²) >= 11 is 1.48. The molecule has 0 fully saturated rings. The average molecular weight is 409 g/mol. The molecule has 1 aliphatic rings. The first-order valence-corrected chi connectivity index (χ1v) is 10.1. The van der Waals surface area contributed by atoms with Crippen molar-refractivity contribution in [2.75, 3.05) is 19.8 Å². The van der Waals surface area contributed by atoms with Gasteiger partial charge in [-0.25, -0.2) is 9.07 Å². The van der Waals surface area contributed by atoms with Crippen molar-refractivity contribution in [3.05, 3.63) is 76.7 Å². The number of benzene rings is 2. The Labute approximate surface area is 172 Å². The van der Waals surface area contributed by atoms with Gasteiger partial charge in [-0.1, -0.05) is 6.08 Å². The number of rotatable bonds is 5. The minimum Gasteiger partial charge on any atom is -0.486 e. The van der Waals surface area contributed by atoms with Gasteiger partial charge in [0.1, 0.15) is 19.0 Å². The van der Waals surface area contributed by atoms with Gasteiger partial charge in [-0.3, -0.25) is 4.99 Å². The zero-order valence-electron chi connectivity index (χ0n) is 16.0. The number of nitrogens with zero attached hydrogens (tertiary/aromatic N) is 3. The second kappa shape index (κ2) is 8.45. The predicted octanol–water partition coefficient (Wildman–Crippen LogP) is 4.49. The Morgan fingerprint density at radius 3 is 2.69 bits per heavy atom. The first-order valence-electron chi connectivity index (χ1n) is 9.19. The predicted molar refractivity (Wildman–Crippen MR) is 113 cm³/mol. The van der Waals surface area contributed by atoms with Crippen molar-refractivity contribution in [1.29, 1.82) is 0 Å². The van der Waals surface area contributed by atoms with Crippen molar-refractivity contribution in [1.82, 2.24) is 4.68 Å². The molecule has 0 N–H and O–H groups in total. The third-order valence-electron chi connectivity index (χ3n) is 4.39. The van der Waals surface area contributed by atoms with Crippen LogP contribution in [0.15, 0.2) is 70.6 Å². The Bertz CT molecular complexity index is 1130. The van der Waals surface area contributed by atoms with Crippen molar-refractivity contribution in [3.8, 4) is 22.8 Å². The van der Waals surface area contributed by atoms with Crippen LogP contribution in [0.2, 0.25) is 0 Å². The van der Waals surface area contributed by atoms with Crippen LogP contribution < -0.4 is 14.3 Å². The average Bonchev–Trinajstić information content (AvgIpc) is 3.14. The third-order valence-corrected chi connectivity index (χ3v) is 5.24. The summed E-state index contributed by atoms with van der Waals surface area (Å²) in [6.07, 6.45) is 1.74. The van der Waals surface area contributed by atoms with Gasteiger partial charge in [0.25, 0.3) is 0 Å². The van der Waals surface area contributed by atoms with E-state index >= 15 is 0 Å². The topological polar surface area (TPSA) is 48.1 Å². The van der Waals surface area contributed by atoms with Gasteiger partial charge in [-0.15, -0.1) is 17.9 Å². The van der Waals surface area contributed by atoms with Crippen molar-refractivity contribution in [2.45, 2.75) is 6.92 Å². The van der Waals surface area contributed by atoms with E-state index in [0.29, 0.717) is 25.5 Å². The Balaban J connectivity index is 1.79. The SMILES string of the molecule is C=CCN=c1scc(-c2ccc(F)cc2)n1N=C(C)c1ccc2c(c1)OCCO2. The molecule has 148 valence electrons. The molecule has 2 heterocycles. The fourth-order valence-electron chi connectivity index (χ4n) is 2.94. The standard InChI is InChI=1S/C22H20FN3O2S/c1-3-10-24-22-26(19(14-29-22)16-4-7-18(23)8-5-16)25-15(2)17-6-9-20-21(13-17)28-12-11-27-20/h3-9,13-14H,1,10-12H2,2H3. The van der Waals surface area contributed by atoms with Crippen LogP contribution in [0.3, 0.4) is 0 Å². The molecular weight excluding hydrogens is 389 g/mol. The highest BCUT2D eigenvalue weighted by Crippen LogP contribution is 2.31. The van der Waals surface area contributed by atoms with Gasteiger partial charge >= 0.3 is 0 Å². The number of hydrogen-bond acceptors (Lipinski definition) is 5. The molecule has 5 nitrogen and oxygen atoms in total. The van der Waals surface area contributed by atoms with E-state index in [2.05, 4.69) is 11.6 Å². The van der Waals surface area contributed by atoms with E-state index in [1.807, 2.05) is 30.5 Å².